The van der Waals surface area contributed by atoms with Crippen molar-refractivity contribution in [3.8, 4) is 16.9 Å². The lowest BCUT2D eigenvalue weighted by Crippen LogP contribution is -2.31. The molecule has 6 heteroatoms. The van der Waals surface area contributed by atoms with Crippen LogP contribution in [0.3, 0.4) is 0 Å². The van der Waals surface area contributed by atoms with E-state index in [1.807, 2.05) is 35.2 Å². The molecule has 1 saturated heterocycles. The van der Waals surface area contributed by atoms with Crippen LogP contribution in [0.1, 0.15) is 34.9 Å². The summed E-state index contributed by atoms with van der Waals surface area (Å²) in [7, 11) is 1.66. The van der Waals surface area contributed by atoms with Gasteiger partial charge in [-0.2, -0.15) is 5.10 Å². The monoisotopic (exact) mass is 381 g/mol. The smallest absolute Gasteiger partial charge is 0.273 e. The van der Waals surface area contributed by atoms with E-state index in [1.54, 1.807) is 7.11 Å². The zero-order valence-corrected chi connectivity index (χ0v) is 15.7. The van der Waals surface area contributed by atoms with E-state index in [0.29, 0.717) is 17.3 Å². The maximum atomic E-state index is 13.0. The Morgan fingerprint density at radius 2 is 2.11 bits per heavy atom. The van der Waals surface area contributed by atoms with Gasteiger partial charge < -0.3 is 9.64 Å². The molecule has 5 nitrogen and oxygen atoms in total. The number of H-pyrrole nitrogens is 1. The largest absolute Gasteiger partial charge is 0.497 e. The number of carbonyl (C=O) groups is 1. The van der Waals surface area contributed by atoms with E-state index < -0.39 is 0 Å². The zero-order chi connectivity index (χ0) is 18.8. The Hall–Kier alpha value is -2.79. The van der Waals surface area contributed by atoms with Gasteiger partial charge in [0.25, 0.3) is 5.91 Å². The summed E-state index contributed by atoms with van der Waals surface area (Å²) >= 11 is 6.11. The first-order valence-corrected chi connectivity index (χ1v) is 9.30. The Kier molecular flexibility index (Phi) is 4.86. The van der Waals surface area contributed by atoms with Crippen LogP contribution in [-0.4, -0.2) is 34.7 Å². The molecule has 27 heavy (non-hydrogen) atoms. The Morgan fingerprint density at radius 1 is 1.26 bits per heavy atom. The van der Waals surface area contributed by atoms with E-state index >= 15 is 0 Å². The summed E-state index contributed by atoms with van der Waals surface area (Å²) in [6.45, 7) is 0.700. The molecule has 1 amide bonds. The second-order valence-electron chi connectivity index (χ2n) is 6.57. The minimum atomic E-state index is -0.111. The van der Waals surface area contributed by atoms with Crippen molar-refractivity contribution in [2.75, 3.05) is 13.7 Å². The van der Waals surface area contributed by atoms with Crippen molar-refractivity contribution in [2.24, 2.45) is 0 Å². The van der Waals surface area contributed by atoms with Crippen LogP contribution in [0.2, 0.25) is 5.02 Å². The van der Waals surface area contributed by atoms with Gasteiger partial charge in [0.2, 0.25) is 0 Å². The summed E-state index contributed by atoms with van der Waals surface area (Å²) in [6, 6.07) is 16.2. The lowest BCUT2D eigenvalue weighted by molar-refractivity contribution is 0.0730. The summed E-state index contributed by atoms with van der Waals surface area (Å²) in [4.78, 5) is 14.9. The number of aromatic nitrogens is 2. The molecule has 0 aliphatic carbocycles. The minimum absolute atomic E-state index is 0.000678. The predicted octanol–water partition coefficient (Wildman–Crippen LogP) is 4.72. The number of aromatic amines is 1. The van der Waals surface area contributed by atoms with Gasteiger partial charge in [-0.25, -0.2) is 0 Å². The molecule has 2 heterocycles. The third kappa shape index (κ3) is 3.30. The number of likely N-dealkylation sites (tertiary alicyclic amines) is 1. The molecule has 4 rings (SSSR count). The standard InChI is InChI=1S/C21H20ClN3O2/c1-27-15-7-4-6-14(12-15)16-8-2-3-9-17(16)19-10-5-11-25(19)21(26)20-18(22)13-23-24-20/h2-4,6-9,12-13,19H,5,10-11H2,1H3,(H,23,24). The van der Waals surface area contributed by atoms with E-state index in [4.69, 9.17) is 16.3 Å². The number of hydrogen-bond acceptors (Lipinski definition) is 3. The lowest BCUT2D eigenvalue weighted by Gasteiger charge is -2.26. The fourth-order valence-corrected chi connectivity index (χ4v) is 3.91. The predicted molar refractivity (Wildman–Crippen MR) is 105 cm³/mol. The molecule has 0 saturated carbocycles. The van der Waals surface area contributed by atoms with Gasteiger partial charge in [0.1, 0.15) is 11.4 Å². The number of ether oxygens (including phenoxy) is 1. The molecule has 2 aromatic carbocycles. The number of benzene rings is 2. The van der Waals surface area contributed by atoms with Crippen molar-refractivity contribution in [3.05, 3.63) is 71.0 Å². The Bertz CT molecular complexity index is 969. The van der Waals surface area contributed by atoms with Crippen LogP contribution in [0.25, 0.3) is 11.1 Å². The molecule has 1 fully saturated rings. The molecule has 1 aliphatic heterocycles. The van der Waals surface area contributed by atoms with Crippen LogP contribution in [0.5, 0.6) is 5.75 Å². The first-order chi connectivity index (χ1) is 13.2. The van der Waals surface area contributed by atoms with Gasteiger partial charge in [-0.3, -0.25) is 9.89 Å². The lowest BCUT2D eigenvalue weighted by atomic mass is 9.93. The first-order valence-electron chi connectivity index (χ1n) is 8.92. The third-order valence-electron chi connectivity index (χ3n) is 5.02. The number of carbonyl (C=O) groups excluding carboxylic acids is 1. The normalized spacial score (nSPS) is 16.5. The Labute approximate surface area is 162 Å². The average molecular weight is 382 g/mol. The van der Waals surface area contributed by atoms with Gasteiger partial charge in [-0.05, 0) is 41.7 Å². The van der Waals surface area contributed by atoms with Crippen molar-refractivity contribution in [2.45, 2.75) is 18.9 Å². The summed E-state index contributed by atoms with van der Waals surface area (Å²) in [5.74, 6) is 0.700. The Morgan fingerprint density at radius 3 is 2.89 bits per heavy atom. The molecular weight excluding hydrogens is 362 g/mol. The molecule has 3 aromatic rings. The highest BCUT2D eigenvalue weighted by atomic mass is 35.5. The van der Waals surface area contributed by atoms with Gasteiger partial charge in [0.15, 0.2) is 0 Å². The second kappa shape index (κ2) is 7.45. The summed E-state index contributed by atoms with van der Waals surface area (Å²) in [5, 5.41) is 6.96. The summed E-state index contributed by atoms with van der Waals surface area (Å²) in [6.07, 6.45) is 3.33. The van der Waals surface area contributed by atoms with Crippen LogP contribution < -0.4 is 4.74 Å². The van der Waals surface area contributed by atoms with Gasteiger partial charge in [-0.15, -0.1) is 0 Å². The maximum Gasteiger partial charge on any atom is 0.273 e. The minimum Gasteiger partial charge on any atom is -0.497 e. The molecule has 1 N–H and O–H groups in total. The maximum absolute atomic E-state index is 13.0. The van der Waals surface area contributed by atoms with Crippen molar-refractivity contribution in [1.29, 1.82) is 0 Å². The molecule has 1 aliphatic rings. The molecular formula is C21H20ClN3O2. The molecule has 1 unspecified atom stereocenters. The number of halogens is 1. The first kappa shape index (κ1) is 17.6. The molecule has 1 aromatic heterocycles. The number of nitrogens with zero attached hydrogens (tertiary/aromatic N) is 2. The van der Waals surface area contributed by atoms with E-state index in [-0.39, 0.29) is 11.9 Å². The highest BCUT2D eigenvalue weighted by Crippen LogP contribution is 2.39. The van der Waals surface area contributed by atoms with Crippen molar-refractivity contribution in [3.63, 3.8) is 0 Å². The highest BCUT2D eigenvalue weighted by Gasteiger charge is 2.33. The molecule has 1 atom stereocenters. The van der Waals surface area contributed by atoms with E-state index in [9.17, 15) is 4.79 Å². The van der Waals surface area contributed by atoms with Gasteiger partial charge in [0.05, 0.1) is 24.4 Å². The molecule has 0 spiro atoms. The second-order valence-corrected chi connectivity index (χ2v) is 6.98. The fourth-order valence-electron chi connectivity index (χ4n) is 3.74. The van der Waals surface area contributed by atoms with E-state index in [2.05, 4.69) is 28.4 Å². The molecule has 138 valence electrons. The number of hydrogen-bond donors (Lipinski definition) is 1. The third-order valence-corrected chi connectivity index (χ3v) is 5.31. The average Bonchev–Trinajstić information content (AvgIpc) is 3.36. The highest BCUT2D eigenvalue weighted by molar-refractivity contribution is 6.33. The van der Waals surface area contributed by atoms with Crippen molar-refractivity contribution >= 4 is 17.5 Å². The Balaban J connectivity index is 1.72. The number of amides is 1. The molecule has 0 bridgehead atoms. The van der Waals surface area contributed by atoms with Crippen LogP contribution in [0.15, 0.2) is 54.7 Å². The number of methoxy groups -OCH3 is 1. The van der Waals surface area contributed by atoms with Gasteiger partial charge >= 0.3 is 0 Å². The van der Waals surface area contributed by atoms with Crippen LogP contribution in [-0.2, 0) is 0 Å². The summed E-state index contributed by atoms with van der Waals surface area (Å²) < 4.78 is 5.37. The SMILES string of the molecule is COc1cccc(-c2ccccc2C2CCCN2C(=O)c2[nH]ncc2Cl)c1. The van der Waals surface area contributed by atoms with Gasteiger partial charge in [-0.1, -0.05) is 48.0 Å². The van der Waals surface area contributed by atoms with E-state index in [1.165, 1.54) is 6.20 Å². The number of nitrogens with one attached hydrogen (secondary N) is 1. The zero-order valence-electron chi connectivity index (χ0n) is 15.0. The van der Waals surface area contributed by atoms with Crippen LogP contribution in [0, 0.1) is 0 Å². The summed E-state index contributed by atoms with van der Waals surface area (Å²) in [5.41, 5.74) is 3.66. The van der Waals surface area contributed by atoms with Crippen LogP contribution >= 0.6 is 11.6 Å². The van der Waals surface area contributed by atoms with Crippen LogP contribution in [0.4, 0.5) is 0 Å². The molecule has 0 radical (unpaired) electrons. The van der Waals surface area contributed by atoms with Gasteiger partial charge in [0, 0.05) is 6.54 Å². The topological polar surface area (TPSA) is 58.2 Å². The van der Waals surface area contributed by atoms with Crippen molar-refractivity contribution < 1.29 is 9.53 Å². The van der Waals surface area contributed by atoms with E-state index in [0.717, 1.165) is 35.3 Å². The number of rotatable bonds is 4. The quantitative estimate of drug-likeness (QED) is 0.711. The fraction of sp³-hybridized carbons (Fsp3) is 0.238. The van der Waals surface area contributed by atoms with Crippen molar-refractivity contribution in [1.82, 2.24) is 15.1 Å².